The first-order chi connectivity index (χ1) is 13.4. The summed E-state index contributed by atoms with van der Waals surface area (Å²) in [5, 5.41) is 18.4. The Kier molecular flexibility index (Phi) is 5.57. The third-order valence-corrected chi connectivity index (χ3v) is 5.36. The van der Waals surface area contributed by atoms with Gasteiger partial charge >= 0.3 is 0 Å². The number of terminal acetylenes is 1. The van der Waals surface area contributed by atoms with Crippen LogP contribution in [-0.4, -0.2) is 24.9 Å². The Hall–Kier alpha value is -3.04. The molecule has 0 bridgehead atoms. The smallest absolute Gasteiger partial charge is 0.127 e. The largest absolute Gasteiger partial charge is 0.507 e. The second kappa shape index (κ2) is 7.91. The molecule has 6 heteroatoms. The molecule has 144 valence electrons. The fourth-order valence-electron chi connectivity index (χ4n) is 3.52. The number of aryl methyl sites for hydroxylation is 3. The lowest BCUT2D eigenvalue weighted by Crippen LogP contribution is -2.31. The minimum Gasteiger partial charge on any atom is -0.507 e. The van der Waals surface area contributed by atoms with E-state index in [1.54, 1.807) is 18.5 Å². The number of hydrogen-bond donors (Lipinski definition) is 3. The SMILES string of the molecule is C#C/C=c1\c(=C(/C)c2c(-c3cc(CC)c(C)cc3O)[nH][nH]c2=S)ncn1CC. The maximum atomic E-state index is 10.6. The van der Waals surface area contributed by atoms with Crippen molar-refractivity contribution >= 4 is 23.9 Å². The number of rotatable bonds is 4. The van der Waals surface area contributed by atoms with Crippen LogP contribution >= 0.6 is 12.2 Å². The topological polar surface area (TPSA) is 69.6 Å². The van der Waals surface area contributed by atoms with Gasteiger partial charge in [-0.2, -0.15) is 0 Å². The molecule has 2 heterocycles. The molecular formula is C22H24N4OS. The fourth-order valence-corrected chi connectivity index (χ4v) is 3.82. The first-order valence-corrected chi connectivity index (χ1v) is 9.65. The Morgan fingerprint density at radius 3 is 2.75 bits per heavy atom. The van der Waals surface area contributed by atoms with Crippen molar-refractivity contribution in [3.63, 3.8) is 0 Å². The van der Waals surface area contributed by atoms with E-state index in [0.29, 0.717) is 10.2 Å². The highest BCUT2D eigenvalue weighted by atomic mass is 32.1. The van der Waals surface area contributed by atoms with Gasteiger partial charge in [-0.05, 0) is 56.0 Å². The van der Waals surface area contributed by atoms with E-state index in [2.05, 4.69) is 28.0 Å². The van der Waals surface area contributed by atoms with Gasteiger partial charge in [0.05, 0.1) is 22.7 Å². The van der Waals surface area contributed by atoms with Crippen molar-refractivity contribution in [2.75, 3.05) is 0 Å². The van der Waals surface area contributed by atoms with Crippen LogP contribution in [0.5, 0.6) is 5.75 Å². The lowest BCUT2D eigenvalue weighted by Gasteiger charge is -2.10. The number of phenolic OH excluding ortho intramolecular Hbond substituents is 1. The molecule has 0 amide bonds. The van der Waals surface area contributed by atoms with E-state index in [9.17, 15) is 5.11 Å². The highest BCUT2D eigenvalue weighted by Crippen LogP contribution is 2.35. The molecular weight excluding hydrogens is 368 g/mol. The molecule has 3 rings (SSSR count). The van der Waals surface area contributed by atoms with E-state index >= 15 is 0 Å². The zero-order valence-corrected chi connectivity index (χ0v) is 17.4. The average Bonchev–Trinajstić information content (AvgIpc) is 3.25. The monoisotopic (exact) mass is 392 g/mol. The van der Waals surface area contributed by atoms with Gasteiger partial charge in [0, 0.05) is 23.7 Å². The standard InChI is InChI=1S/C22H24N4OS/c1-6-9-17-20(23-12-26(17)8-3)14(5)19-21(24-25-22(19)28)16-11-15(7-2)13(4)10-18(16)27/h1,9-12,27H,7-8H2,2-5H3,(H2,24,25,28)/b17-9+,20-14-. The first kappa shape index (κ1) is 19.7. The zero-order chi connectivity index (χ0) is 20.4. The molecule has 0 aliphatic heterocycles. The van der Waals surface area contributed by atoms with E-state index in [-0.39, 0.29) is 5.75 Å². The summed E-state index contributed by atoms with van der Waals surface area (Å²) in [4.78, 5) is 4.57. The average molecular weight is 393 g/mol. The molecule has 0 saturated carbocycles. The quantitative estimate of drug-likeness (QED) is 0.472. The molecule has 0 aliphatic carbocycles. The van der Waals surface area contributed by atoms with Gasteiger partial charge in [-0.1, -0.05) is 25.1 Å². The third-order valence-electron chi connectivity index (χ3n) is 5.05. The number of phenols is 1. The van der Waals surface area contributed by atoms with Gasteiger partial charge in [0.1, 0.15) is 10.4 Å². The predicted molar refractivity (Wildman–Crippen MR) is 116 cm³/mol. The summed E-state index contributed by atoms with van der Waals surface area (Å²) in [7, 11) is 0. The number of nitrogens with one attached hydrogen (secondary N) is 2. The minimum atomic E-state index is 0.212. The number of H-pyrrole nitrogens is 2. The molecule has 1 aromatic carbocycles. The molecule has 0 spiro atoms. The molecule has 0 atom stereocenters. The van der Waals surface area contributed by atoms with Crippen LogP contribution in [0.25, 0.3) is 22.9 Å². The van der Waals surface area contributed by atoms with E-state index in [0.717, 1.165) is 46.1 Å². The van der Waals surface area contributed by atoms with Crippen LogP contribution in [-0.2, 0) is 13.0 Å². The van der Waals surface area contributed by atoms with Crippen LogP contribution in [0, 0.1) is 23.9 Å². The summed E-state index contributed by atoms with van der Waals surface area (Å²) >= 11 is 5.55. The summed E-state index contributed by atoms with van der Waals surface area (Å²) in [5.41, 5.74) is 5.39. The van der Waals surface area contributed by atoms with Crippen molar-refractivity contribution < 1.29 is 5.11 Å². The second-order valence-corrected chi connectivity index (χ2v) is 7.09. The molecule has 28 heavy (non-hydrogen) atoms. The van der Waals surface area contributed by atoms with Crippen LogP contribution in [0.3, 0.4) is 0 Å². The highest BCUT2D eigenvalue weighted by Gasteiger charge is 2.17. The van der Waals surface area contributed by atoms with E-state index in [1.165, 1.54) is 5.56 Å². The zero-order valence-electron chi connectivity index (χ0n) is 16.6. The Morgan fingerprint density at radius 1 is 1.36 bits per heavy atom. The Morgan fingerprint density at radius 2 is 2.11 bits per heavy atom. The summed E-state index contributed by atoms with van der Waals surface area (Å²) in [6.45, 7) is 8.87. The Balaban J connectivity index is 2.36. The van der Waals surface area contributed by atoms with E-state index in [1.807, 2.05) is 31.4 Å². The van der Waals surface area contributed by atoms with Gasteiger partial charge in [-0.25, -0.2) is 4.98 Å². The maximum Gasteiger partial charge on any atom is 0.127 e. The number of imidazole rings is 1. The first-order valence-electron chi connectivity index (χ1n) is 9.25. The number of aromatic amines is 2. The minimum absolute atomic E-state index is 0.212. The molecule has 0 radical (unpaired) electrons. The van der Waals surface area contributed by atoms with E-state index in [4.69, 9.17) is 18.6 Å². The highest BCUT2D eigenvalue weighted by molar-refractivity contribution is 7.71. The van der Waals surface area contributed by atoms with Crippen LogP contribution < -0.4 is 10.7 Å². The van der Waals surface area contributed by atoms with Crippen molar-refractivity contribution in [2.45, 2.75) is 40.7 Å². The number of aromatic hydroxyl groups is 1. The molecule has 3 N–H and O–H groups in total. The van der Waals surface area contributed by atoms with Crippen LogP contribution in [0.15, 0.2) is 18.5 Å². The summed E-state index contributed by atoms with van der Waals surface area (Å²) in [5.74, 6) is 2.81. The van der Waals surface area contributed by atoms with Gasteiger partial charge in [0.2, 0.25) is 0 Å². The number of benzene rings is 1. The summed E-state index contributed by atoms with van der Waals surface area (Å²) in [6, 6.07) is 3.80. The molecule has 0 aliphatic rings. The van der Waals surface area contributed by atoms with Gasteiger partial charge in [0.15, 0.2) is 0 Å². The number of nitrogens with zero attached hydrogens (tertiary/aromatic N) is 2. The second-order valence-electron chi connectivity index (χ2n) is 6.68. The van der Waals surface area contributed by atoms with Gasteiger partial charge < -0.3 is 9.67 Å². The Labute approximate surface area is 169 Å². The Bertz CT molecular complexity index is 1250. The van der Waals surface area contributed by atoms with Gasteiger partial charge in [0.25, 0.3) is 0 Å². The summed E-state index contributed by atoms with van der Waals surface area (Å²) in [6.07, 6.45) is 9.90. The molecule has 2 aromatic heterocycles. The normalized spacial score (nSPS) is 12.9. The van der Waals surface area contributed by atoms with E-state index < -0.39 is 0 Å². The number of hydrogen-bond acceptors (Lipinski definition) is 3. The summed E-state index contributed by atoms with van der Waals surface area (Å²) < 4.78 is 2.55. The maximum absolute atomic E-state index is 10.6. The lowest BCUT2D eigenvalue weighted by molar-refractivity contribution is 0.476. The van der Waals surface area contributed by atoms with Crippen LogP contribution in [0.1, 0.15) is 37.5 Å². The van der Waals surface area contributed by atoms with Crippen LogP contribution in [0.4, 0.5) is 0 Å². The van der Waals surface area contributed by atoms with Crippen molar-refractivity contribution in [1.82, 2.24) is 19.7 Å². The van der Waals surface area contributed by atoms with Crippen molar-refractivity contribution in [2.24, 2.45) is 0 Å². The molecule has 0 unspecified atom stereocenters. The number of aromatic nitrogens is 4. The molecule has 0 saturated heterocycles. The predicted octanol–water partition coefficient (Wildman–Crippen LogP) is 3.16. The fraction of sp³-hybridized carbons (Fsp3) is 0.273. The molecule has 5 nitrogen and oxygen atoms in total. The third kappa shape index (κ3) is 3.30. The molecule has 0 fully saturated rings. The lowest BCUT2D eigenvalue weighted by atomic mass is 9.96. The molecule has 3 aromatic rings. The van der Waals surface area contributed by atoms with Crippen molar-refractivity contribution in [3.8, 4) is 29.4 Å². The van der Waals surface area contributed by atoms with Crippen LogP contribution in [0.2, 0.25) is 0 Å². The van der Waals surface area contributed by atoms with Gasteiger partial charge in [-0.15, -0.1) is 6.42 Å². The van der Waals surface area contributed by atoms with Gasteiger partial charge in [-0.3, -0.25) is 10.2 Å². The van der Waals surface area contributed by atoms with Crippen molar-refractivity contribution in [1.29, 1.82) is 0 Å². The van der Waals surface area contributed by atoms with Crippen molar-refractivity contribution in [3.05, 3.63) is 50.5 Å².